The van der Waals surface area contributed by atoms with Crippen LogP contribution in [0.4, 0.5) is 0 Å². The second-order valence-electron chi connectivity index (χ2n) is 5.86. The Morgan fingerprint density at radius 2 is 1.35 bits per heavy atom. The lowest BCUT2D eigenvalue weighted by molar-refractivity contribution is 0.422. The predicted molar refractivity (Wildman–Crippen MR) is 88.3 cm³/mol. The Morgan fingerprint density at radius 3 is 1.65 bits per heavy atom. The van der Waals surface area contributed by atoms with E-state index in [1.165, 1.54) is 18.2 Å². The molecule has 0 aliphatic heterocycles. The summed E-state index contributed by atoms with van der Waals surface area (Å²) in [4.78, 5) is 0. The van der Waals surface area contributed by atoms with Crippen molar-refractivity contribution in [1.82, 2.24) is 4.72 Å². The zero-order chi connectivity index (χ0) is 20.2. The van der Waals surface area contributed by atoms with Crippen molar-refractivity contribution in [3.63, 3.8) is 0 Å². The first-order valence-corrected chi connectivity index (χ1v) is 9.88. The van der Waals surface area contributed by atoms with E-state index in [0.29, 0.717) is 0 Å². The van der Waals surface area contributed by atoms with E-state index >= 15 is 0 Å². The molecule has 0 aliphatic carbocycles. The van der Waals surface area contributed by atoms with Crippen molar-refractivity contribution in [3.8, 4) is 12.1 Å². The van der Waals surface area contributed by atoms with Gasteiger partial charge in [0.05, 0.1) is 0 Å². The Hall–Kier alpha value is -2.64. The topological polar surface area (TPSA) is 180 Å². The Bertz CT molecular complexity index is 1060. The second-order valence-corrected chi connectivity index (χ2v) is 8.97. The van der Waals surface area contributed by atoms with Crippen LogP contribution in [0.3, 0.4) is 0 Å². The number of nitrogens with one attached hydrogen (secondary N) is 1. The van der Waals surface area contributed by atoms with Gasteiger partial charge in [-0.1, -0.05) is 0 Å². The lowest BCUT2D eigenvalue weighted by atomic mass is 10.1. The van der Waals surface area contributed by atoms with E-state index in [2.05, 4.69) is 9.14 Å². The van der Waals surface area contributed by atoms with Crippen LogP contribution in [0.1, 0.15) is 32.3 Å². The Kier molecular flexibility index (Phi) is 6.35. The first kappa shape index (κ1) is 21.4. The molecule has 2 rings (SSSR count). The third-order valence-corrected chi connectivity index (χ3v) is 4.78. The minimum Gasteiger partial charge on any atom is -0.433 e. The minimum atomic E-state index is -3.81. The molecule has 0 amide bonds. The lowest BCUT2D eigenvalue weighted by Gasteiger charge is -2.18. The van der Waals surface area contributed by atoms with Crippen LogP contribution in [-0.4, -0.2) is 22.4 Å². The van der Waals surface area contributed by atoms with E-state index in [-0.39, 0.29) is 16.6 Å². The maximum Gasteiger partial charge on any atom is 0.274 e. The van der Waals surface area contributed by atoms with E-state index in [0.717, 1.165) is 6.07 Å². The molecule has 2 heterocycles. The van der Waals surface area contributed by atoms with Crippen molar-refractivity contribution in [1.29, 1.82) is 10.5 Å². The van der Waals surface area contributed by atoms with Gasteiger partial charge in [0.1, 0.15) is 12.1 Å². The molecule has 3 N–H and O–H groups in total. The molecule has 0 spiro atoms. The molecule has 0 bridgehead atoms. The van der Waals surface area contributed by atoms with Crippen molar-refractivity contribution in [2.75, 3.05) is 0 Å². The number of primary sulfonamides is 1. The molecule has 0 saturated heterocycles. The van der Waals surface area contributed by atoms with Crippen LogP contribution in [0.15, 0.2) is 43.3 Å². The standard InChI is InChI=1S/C9H12N2O3S.C5H4N2O3S/c1-9(2,3)11-15(12,13)8-5-4-7(6-10)14-8;6-3-4-1-2-5(10-4)11(7,8)9/h4-5,11H,1-3H3;1-2H,(H2,7,8,9). The van der Waals surface area contributed by atoms with Crippen LogP contribution in [0, 0.1) is 22.7 Å². The average molecular weight is 400 g/mol. The number of rotatable bonds is 3. The van der Waals surface area contributed by atoms with Gasteiger partial charge in [-0.25, -0.2) is 26.7 Å². The molecule has 0 saturated carbocycles. The van der Waals surface area contributed by atoms with E-state index < -0.39 is 30.7 Å². The summed E-state index contributed by atoms with van der Waals surface area (Å²) in [7, 11) is -7.48. The number of nitriles is 2. The highest BCUT2D eigenvalue weighted by atomic mass is 32.2. The molecular formula is C14H16N4O6S2. The SMILES string of the molecule is CC(C)(C)NS(=O)(=O)c1ccc(C#N)o1.N#Cc1ccc(S(N)(=O)=O)o1. The smallest absolute Gasteiger partial charge is 0.274 e. The number of furan rings is 2. The highest BCUT2D eigenvalue weighted by molar-refractivity contribution is 7.89. The van der Waals surface area contributed by atoms with Gasteiger partial charge >= 0.3 is 0 Å². The van der Waals surface area contributed by atoms with Crippen LogP contribution in [0.5, 0.6) is 0 Å². The fraction of sp³-hybridized carbons (Fsp3) is 0.286. The van der Waals surface area contributed by atoms with Crippen molar-refractivity contribution in [3.05, 3.63) is 35.8 Å². The van der Waals surface area contributed by atoms with E-state index in [9.17, 15) is 16.8 Å². The van der Waals surface area contributed by atoms with Gasteiger partial charge < -0.3 is 8.83 Å². The van der Waals surface area contributed by atoms with Gasteiger partial charge in [-0.2, -0.15) is 10.5 Å². The summed E-state index contributed by atoms with van der Waals surface area (Å²) in [5.74, 6) is -0.0988. The first-order valence-electron chi connectivity index (χ1n) is 6.85. The van der Waals surface area contributed by atoms with Crippen LogP contribution in [0.2, 0.25) is 0 Å². The molecular weight excluding hydrogens is 384 g/mol. The van der Waals surface area contributed by atoms with Gasteiger partial charge in [-0.05, 0) is 45.0 Å². The molecule has 2 aromatic heterocycles. The number of nitrogens with zero attached hydrogens (tertiary/aromatic N) is 2. The fourth-order valence-corrected chi connectivity index (χ4v) is 3.33. The molecule has 0 radical (unpaired) electrons. The van der Waals surface area contributed by atoms with Crippen molar-refractivity contribution >= 4 is 20.0 Å². The number of hydrogen-bond acceptors (Lipinski definition) is 8. The fourth-order valence-electron chi connectivity index (χ4n) is 1.51. The zero-order valence-corrected chi connectivity index (χ0v) is 15.7. The van der Waals surface area contributed by atoms with Gasteiger partial charge in [0.15, 0.2) is 0 Å². The monoisotopic (exact) mass is 400 g/mol. The van der Waals surface area contributed by atoms with Crippen molar-refractivity contribution in [2.24, 2.45) is 5.14 Å². The van der Waals surface area contributed by atoms with Gasteiger partial charge in [0.25, 0.3) is 20.0 Å². The molecule has 0 unspecified atom stereocenters. The molecule has 140 valence electrons. The van der Waals surface area contributed by atoms with E-state index in [1.807, 2.05) is 0 Å². The van der Waals surface area contributed by atoms with Crippen molar-refractivity contribution in [2.45, 2.75) is 36.5 Å². The molecule has 2 aromatic rings. The molecule has 12 heteroatoms. The molecule has 0 fully saturated rings. The highest BCUT2D eigenvalue weighted by Crippen LogP contribution is 2.15. The maximum absolute atomic E-state index is 11.7. The Labute approximate surface area is 150 Å². The van der Waals surface area contributed by atoms with Gasteiger partial charge in [-0.3, -0.25) is 0 Å². The average Bonchev–Trinajstić information content (AvgIpc) is 3.14. The first-order chi connectivity index (χ1) is 11.8. The largest absolute Gasteiger partial charge is 0.433 e. The van der Waals surface area contributed by atoms with Crippen LogP contribution in [0.25, 0.3) is 0 Å². The third-order valence-electron chi connectivity index (χ3n) is 2.37. The predicted octanol–water partition coefficient (Wildman–Crippen LogP) is 1.03. The second kappa shape index (κ2) is 7.72. The van der Waals surface area contributed by atoms with Crippen LogP contribution < -0.4 is 9.86 Å². The van der Waals surface area contributed by atoms with E-state index in [4.69, 9.17) is 20.1 Å². The number of nitrogens with two attached hydrogens (primary N) is 1. The Balaban J connectivity index is 0.000000273. The molecule has 10 nitrogen and oxygen atoms in total. The molecule has 0 aliphatic rings. The van der Waals surface area contributed by atoms with Crippen molar-refractivity contribution < 1.29 is 25.7 Å². The Morgan fingerprint density at radius 1 is 0.923 bits per heavy atom. The summed E-state index contributed by atoms with van der Waals surface area (Å²) in [6.07, 6.45) is 0. The summed E-state index contributed by atoms with van der Waals surface area (Å²) < 4.78 is 56.2. The normalized spacial score (nSPS) is 11.8. The number of sulfonamides is 2. The van der Waals surface area contributed by atoms with Gasteiger partial charge in [0, 0.05) is 5.54 Å². The summed E-state index contributed by atoms with van der Waals surface area (Å²) in [6.45, 7) is 5.16. The van der Waals surface area contributed by atoms with Crippen LogP contribution >= 0.6 is 0 Å². The lowest BCUT2D eigenvalue weighted by Crippen LogP contribution is -2.40. The highest BCUT2D eigenvalue weighted by Gasteiger charge is 2.24. The van der Waals surface area contributed by atoms with Gasteiger partial charge in [0.2, 0.25) is 21.7 Å². The third kappa shape index (κ3) is 6.34. The summed E-state index contributed by atoms with van der Waals surface area (Å²) in [5, 5.41) is 20.8. The molecule has 0 aromatic carbocycles. The summed E-state index contributed by atoms with van der Waals surface area (Å²) in [6, 6.07) is 8.30. The maximum atomic E-state index is 11.7. The summed E-state index contributed by atoms with van der Waals surface area (Å²) >= 11 is 0. The molecule has 0 atom stereocenters. The van der Waals surface area contributed by atoms with E-state index in [1.54, 1.807) is 32.9 Å². The summed E-state index contributed by atoms with van der Waals surface area (Å²) in [5.41, 5.74) is -0.585. The quantitative estimate of drug-likeness (QED) is 0.766. The minimum absolute atomic E-state index is 0.0238. The molecule has 26 heavy (non-hydrogen) atoms. The van der Waals surface area contributed by atoms with Crippen LogP contribution in [-0.2, 0) is 20.0 Å². The number of hydrogen-bond donors (Lipinski definition) is 2. The van der Waals surface area contributed by atoms with Gasteiger partial charge in [-0.15, -0.1) is 0 Å². The zero-order valence-electron chi connectivity index (χ0n) is 14.0.